The summed E-state index contributed by atoms with van der Waals surface area (Å²) in [5.41, 5.74) is 2.08. The molecule has 1 aliphatic heterocycles. The van der Waals surface area contributed by atoms with Crippen LogP contribution in [0.1, 0.15) is 38.3 Å². The summed E-state index contributed by atoms with van der Waals surface area (Å²) in [6.45, 7) is 7.89. The van der Waals surface area contributed by atoms with Gasteiger partial charge < -0.3 is 9.15 Å². The molecule has 1 atom stereocenters. The molecule has 1 aliphatic rings. The van der Waals surface area contributed by atoms with Gasteiger partial charge in [-0.05, 0) is 43.7 Å². The van der Waals surface area contributed by atoms with E-state index in [2.05, 4.69) is 11.6 Å². The van der Waals surface area contributed by atoms with Crippen LogP contribution in [0, 0.1) is 13.8 Å². The predicted octanol–water partition coefficient (Wildman–Crippen LogP) is 5.18. The van der Waals surface area contributed by atoms with Gasteiger partial charge in [-0.2, -0.15) is 0 Å². The van der Waals surface area contributed by atoms with Crippen LogP contribution in [0.3, 0.4) is 0 Å². The third kappa shape index (κ3) is 3.13. The Kier molecular flexibility index (Phi) is 4.90. The number of benzene rings is 2. The second-order valence-corrected chi connectivity index (χ2v) is 8.74. The molecule has 3 heterocycles. The van der Waals surface area contributed by atoms with Gasteiger partial charge in [0.05, 0.1) is 22.7 Å². The van der Waals surface area contributed by atoms with Crippen molar-refractivity contribution in [2.24, 2.45) is 0 Å². The van der Waals surface area contributed by atoms with E-state index in [0.717, 1.165) is 16.1 Å². The molecular formula is C25H20N2O4S. The van der Waals surface area contributed by atoms with Gasteiger partial charge in [-0.25, -0.2) is 4.98 Å². The molecule has 5 rings (SSSR count). The van der Waals surface area contributed by atoms with E-state index in [1.807, 2.05) is 38.1 Å². The van der Waals surface area contributed by atoms with Crippen LogP contribution in [0.25, 0.3) is 11.0 Å². The Balaban J connectivity index is 1.76. The van der Waals surface area contributed by atoms with E-state index in [-0.39, 0.29) is 17.1 Å². The van der Waals surface area contributed by atoms with Crippen LogP contribution in [-0.4, -0.2) is 17.5 Å². The molecule has 2 aromatic heterocycles. The number of carbonyl (C=O) groups is 1. The lowest BCUT2D eigenvalue weighted by atomic mass is 9.98. The quantitative estimate of drug-likeness (QED) is 0.397. The molecule has 2 aromatic carbocycles. The van der Waals surface area contributed by atoms with Crippen LogP contribution in [-0.2, 0) is 0 Å². The number of aromatic nitrogens is 1. The van der Waals surface area contributed by atoms with Crippen LogP contribution in [0.15, 0.2) is 70.4 Å². The fourth-order valence-corrected chi connectivity index (χ4v) is 4.86. The molecule has 4 aromatic rings. The molecule has 1 amide bonds. The summed E-state index contributed by atoms with van der Waals surface area (Å²) in [5, 5.41) is 0.971. The summed E-state index contributed by atoms with van der Waals surface area (Å²) in [7, 11) is 0. The number of thiazole rings is 1. The van der Waals surface area contributed by atoms with E-state index in [9.17, 15) is 9.59 Å². The lowest BCUT2D eigenvalue weighted by molar-refractivity contribution is 0.0971. The topological polar surface area (TPSA) is 72.6 Å². The minimum absolute atomic E-state index is 0.0571. The number of hydrogen-bond donors (Lipinski definition) is 0. The van der Waals surface area contributed by atoms with Crippen molar-refractivity contribution in [3.8, 4) is 5.75 Å². The summed E-state index contributed by atoms with van der Waals surface area (Å²) < 4.78 is 11.7. The normalized spacial score (nSPS) is 15.2. The largest absolute Gasteiger partial charge is 0.490 e. The van der Waals surface area contributed by atoms with Crippen LogP contribution in [0.4, 0.5) is 5.13 Å². The fraction of sp³-hybridized carbons (Fsp3) is 0.160. The molecule has 0 N–H and O–H groups in total. The van der Waals surface area contributed by atoms with Crippen molar-refractivity contribution in [2.45, 2.75) is 19.9 Å². The lowest BCUT2D eigenvalue weighted by Gasteiger charge is -2.23. The average Bonchev–Trinajstić information content (AvgIpc) is 3.28. The average molecular weight is 445 g/mol. The maximum atomic E-state index is 13.6. The van der Waals surface area contributed by atoms with Crippen molar-refractivity contribution < 1.29 is 13.9 Å². The van der Waals surface area contributed by atoms with E-state index >= 15 is 0 Å². The molecule has 32 heavy (non-hydrogen) atoms. The lowest BCUT2D eigenvalue weighted by Crippen LogP contribution is -2.29. The molecule has 0 saturated carbocycles. The minimum Gasteiger partial charge on any atom is -0.490 e. The van der Waals surface area contributed by atoms with Gasteiger partial charge in [0.15, 0.2) is 10.6 Å². The van der Waals surface area contributed by atoms with E-state index < -0.39 is 6.04 Å². The Morgan fingerprint density at radius 1 is 1.19 bits per heavy atom. The van der Waals surface area contributed by atoms with Crippen molar-refractivity contribution in [2.75, 3.05) is 11.5 Å². The number of hydrogen-bond acceptors (Lipinski definition) is 6. The second kappa shape index (κ2) is 7.76. The zero-order valence-electron chi connectivity index (χ0n) is 17.6. The summed E-state index contributed by atoms with van der Waals surface area (Å²) in [6, 6.07) is 13.7. The monoisotopic (exact) mass is 444 g/mol. The van der Waals surface area contributed by atoms with Gasteiger partial charge in [-0.15, -0.1) is 11.3 Å². The standard InChI is InChI=1S/C25H20N2O4S/c1-4-12-30-17-9-7-8-16(13-17)21-20-22(28)18-10-5-6-11-19(18)31-23(20)24(29)27(21)25-26-14(2)15(3)32-25/h4-11,13,21H,1,12H2,2-3H3/t21-/m1/s1. The molecule has 0 fully saturated rings. The molecule has 0 aliphatic carbocycles. The number of para-hydroxylation sites is 1. The first-order valence-electron chi connectivity index (χ1n) is 10.2. The molecule has 0 unspecified atom stereocenters. The number of nitrogens with zero attached hydrogens (tertiary/aromatic N) is 2. The van der Waals surface area contributed by atoms with E-state index in [4.69, 9.17) is 9.15 Å². The third-order valence-electron chi connectivity index (χ3n) is 5.54. The Bertz CT molecular complexity index is 1420. The Labute approximate surface area is 188 Å². The van der Waals surface area contributed by atoms with Crippen molar-refractivity contribution in [1.29, 1.82) is 0 Å². The van der Waals surface area contributed by atoms with Crippen LogP contribution in [0.5, 0.6) is 5.75 Å². The third-order valence-corrected chi connectivity index (χ3v) is 6.61. The van der Waals surface area contributed by atoms with Crippen LogP contribution >= 0.6 is 11.3 Å². The number of carbonyl (C=O) groups excluding carboxylic acids is 1. The van der Waals surface area contributed by atoms with Crippen LogP contribution in [0.2, 0.25) is 0 Å². The maximum Gasteiger partial charge on any atom is 0.297 e. The van der Waals surface area contributed by atoms with Gasteiger partial charge in [-0.3, -0.25) is 14.5 Å². The minimum atomic E-state index is -0.671. The summed E-state index contributed by atoms with van der Waals surface area (Å²) in [6.07, 6.45) is 1.66. The van der Waals surface area contributed by atoms with Crippen molar-refractivity contribution in [3.63, 3.8) is 0 Å². The van der Waals surface area contributed by atoms with Gasteiger partial charge in [0.2, 0.25) is 5.76 Å². The highest BCUT2D eigenvalue weighted by Crippen LogP contribution is 2.43. The highest BCUT2D eigenvalue weighted by atomic mass is 32.1. The first-order chi connectivity index (χ1) is 15.5. The van der Waals surface area contributed by atoms with Crippen molar-refractivity contribution in [1.82, 2.24) is 4.98 Å². The van der Waals surface area contributed by atoms with Gasteiger partial charge in [-0.1, -0.05) is 36.9 Å². The van der Waals surface area contributed by atoms with Crippen molar-refractivity contribution >= 4 is 33.3 Å². The molecule has 160 valence electrons. The fourth-order valence-electron chi connectivity index (χ4n) is 3.92. The highest BCUT2D eigenvalue weighted by molar-refractivity contribution is 7.15. The summed E-state index contributed by atoms with van der Waals surface area (Å²) in [5.74, 6) is 0.306. The zero-order valence-corrected chi connectivity index (χ0v) is 18.4. The first-order valence-corrected chi connectivity index (χ1v) is 11.0. The van der Waals surface area contributed by atoms with Crippen LogP contribution < -0.4 is 15.1 Å². The summed E-state index contributed by atoms with van der Waals surface area (Å²) >= 11 is 1.42. The second-order valence-electron chi connectivity index (χ2n) is 7.56. The Morgan fingerprint density at radius 2 is 2.00 bits per heavy atom. The molecule has 7 heteroatoms. The first kappa shape index (κ1) is 20.2. The van der Waals surface area contributed by atoms with Gasteiger partial charge in [0, 0.05) is 4.88 Å². The van der Waals surface area contributed by atoms with E-state index in [1.54, 1.807) is 35.2 Å². The van der Waals surface area contributed by atoms with Gasteiger partial charge in [0.1, 0.15) is 17.9 Å². The molecular weight excluding hydrogens is 424 g/mol. The van der Waals surface area contributed by atoms with E-state index in [1.165, 1.54) is 11.3 Å². The highest BCUT2D eigenvalue weighted by Gasteiger charge is 2.45. The zero-order chi connectivity index (χ0) is 22.4. The van der Waals surface area contributed by atoms with Gasteiger partial charge in [0.25, 0.3) is 5.91 Å². The number of amides is 1. The number of fused-ring (bicyclic) bond motifs is 2. The van der Waals surface area contributed by atoms with Gasteiger partial charge >= 0.3 is 0 Å². The molecule has 0 saturated heterocycles. The Morgan fingerprint density at radius 3 is 2.75 bits per heavy atom. The SMILES string of the molecule is C=CCOc1cccc([C@@H]2c3c(oc4ccccc4c3=O)C(=O)N2c2nc(C)c(C)s2)c1. The molecule has 0 bridgehead atoms. The Hall–Kier alpha value is -3.71. The molecule has 0 radical (unpaired) electrons. The smallest absolute Gasteiger partial charge is 0.297 e. The van der Waals surface area contributed by atoms with E-state index in [0.29, 0.717) is 34.0 Å². The maximum absolute atomic E-state index is 13.6. The van der Waals surface area contributed by atoms with Crippen molar-refractivity contribution in [3.05, 3.63) is 98.9 Å². The molecule has 0 spiro atoms. The predicted molar refractivity (Wildman–Crippen MR) is 125 cm³/mol. The number of rotatable bonds is 5. The number of anilines is 1. The molecule has 6 nitrogen and oxygen atoms in total. The number of aryl methyl sites for hydroxylation is 2. The summed E-state index contributed by atoms with van der Waals surface area (Å²) in [4.78, 5) is 34.3. The number of ether oxygens (including phenoxy) is 1.